The molecule has 0 aliphatic rings. The fourth-order valence-electron chi connectivity index (χ4n) is 2.85. The summed E-state index contributed by atoms with van der Waals surface area (Å²) in [6.07, 6.45) is -1.03. The molecule has 0 aliphatic heterocycles. The van der Waals surface area contributed by atoms with Gasteiger partial charge in [0.1, 0.15) is 10.6 Å². The minimum absolute atomic E-state index is 0.00363. The maximum absolute atomic E-state index is 12.8. The second-order valence-corrected chi connectivity index (χ2v) is 8.59. The molecule has 2 aromatic rings. The number of benzene rings is 2. The molecular formula is C21H25NO6S. The molecule has 156 valence electrons. The highest BCUT2D eigenvalue weighted by Gasteiger charge is 2.25. The molecular weight excluding hydrogens is 394 g/mol. The van der Waals surface area contributed by atoms with Gasteiger partial charge in [-0.2, -0.15) is 0 Å². The quantitative estimate of drug-likeness (QED) is 0.547. The van der Waals surface area contributed by atoms with E-state index < -0.39 is 22.1 Å². The van der Waals surface area contributed by atoms with Gasteiger partial charge in [-0.15, -0.1) is 0 Å². The highest BCUT2D eigenvalue weighted by molar-refractivity contribution is 7.89. The van der Waals surface area contributed by atoms with Crippen LogP contribution in [0, 0.1) is 20.8 Å². The van der Waals surface area contributed by atoms with Gasteiger partial charge in [0.2, 0.25) is 15.8 Å². The van der Waals surface area contributed by atoms with Gasteiger partial charge in [0.15, 0.2) is 6.10 Å². The van der Waals surface area contributed by atoms with Crippen LogP contribution in [-0.4, -0.2) is 40.4 Å². The Bertz CT molecular complexity index is 1060. The summed E-state index contributed by atoms with van der Waals surface area (Å²) < 4.78 is 36.9. The van der Waals surface area contributed by atoms with Gasteiger partial charge in [0.05, 0.1) is 12.7 Å². The van der Waals surface area contributed by atoms with Gasteiger partial charge >= 0.3 is 5.97 Å². The van der Waals surface area contributed by atoms with Crippen LogP contribution in [0.5, 0.6) is 5.75 Å². The van der Waals surface area contributed by atoms with E-state index in [0.29, 0.717) is 5.56 Å². The molecule has 0 amide bonds. The van der Waals surface area contributed by atoms with Crippen molar-refractivity contribution < 1.29 is 27.5 Å². The Morgan fingerprint density at radius 1 is 1.00 bits per heavy atom. The molecule has 0 spiro atoms. The third-order valence-corrected chi connectivity index (χ3v) is 6.15. The predicted octanol–water partition coefficient (Wildman–Crippen LogP) is 2.96. The number of nitrogens with one attached hydrogen (secondary N) is 1. The Morgan fingerprint density at radius 2 is 1.62 bits per heavy atom. The highest BCUT2D eigenvalue weighted by Crippen LogP contribution is 2.25. The molecule has 0 unspecified atom stereocenters. The molecule has 0 radical (unpaired) electrons. The van der Waals surface area contributed by atoms with Crippen LogP contribution in [0.3, 0.4) is 0 Å². The first kappa shape index (κ1) is 22.6. The van der Waals surface area contributed by atoms with Gasteiger partial charge in [-0.1, -0.05) is 6.07 Å². The molecule has 0 aliphatic carbocycles. The largest absolute Gasteiger partial charge is 0.495 e. The number of hydrogen-bond donors (Lipinski definition) is 1. The first-order valence-electron chi connectivity index (χ1n) is 8.96. The first-order chi connectivity index (χ1) is 13.5. The summed E-state index contributed by atoms with van der Waals surface area (Å²) in [4.78, 5) is 25.1. The maximum atomic E-state index is 12.8. The van der Waals surface area contributed by atoms with Crippen molar-refractivity contribution in [1.29, 1.82) is 0 Å². The van der Waals surface area contributed by atoms with Crippen LogP contribution in [0.2, 0.25) is 0 Å². The van der Waals surface area contributed by atoms with Crippen molar-refractivity contribution in [2.75, 3.05) is 14.2 Å². The Labute approximate surface area is 171 Å². The van der Waals surface area contributed by atoms with Crippen molar-refractivity contribution in [3.05, 3.63) is 58.1 Å². The van der Waals surface area contributed by atoms with Crippen molar-refractivity contribution in [1.82, 2.24) is 4.72 Å². The average molecular weight is 419 g/mol. The normalized spacial score (nSPS) is 12.3. The number of methoxy groups -OCH3 is 1. The minimum Gasteiger partial charge on any atom is -0.495 e. The molecule has 0 saturated carbocycles. The smallest absolute Gasteiger partial charge is 0.338 e. The third-order valence-electron chi connectivity index (χ3n) is 4.72. The van der Waals surface area contributed by atoms with Gasteiger partial charge in [-0.05, 0) is 75.7 Å². The zero-order chi connectivity index (χ0) is 21.9. The standard InChI is InChI=1S/C21H25NO6S/c1-12-9-14(3)17(10-13(12)2)20(23)15(4)28-21(24)16-7-8-18(27-6)19(11-16)29(25,26)22-5/h7-11,15,22H,1-6H3/t15-/m1/s1. The molecule has 2 rings (SSSR count). The molecule has 0 heterocycles. The van der Waals surface area contributed by atoms with Gasteiger partial charge in [-0.25, -0.2) is 17.9 Å². The highest BCUT2D eigenvalue weighted by atomic mass is 32.2. The van der Waals surface area contributed by atoms with Crippen LogP contribution < -0.4 is 9.46 Å². The van der Waals surface area contributed by atoms with Crippen LogP contribution in [0.25, 0.3) is 0 Å². The number of ether oxygens (including phenoxy) is 2. The number of ketones is 1. The molecule has 0 fully saturated rings. The second kappa shape index (κ2) is 8.75. The summed E-state index contributed by atoms with van der Waals surface area (Å²) in [6.45, 7) is 7.18. The minimum atomic E-state index is -3.85. The third kappa shape index (κ3) is 4.83. The summed E-state index contributed by atoms with van der Waals surface area (Å²) in [5.74, 6) is -1.04. The number of aryl methyl sites for hydroxylation is 3. The number of carbonyl (C=O) groups excluding carboxylic acids is 2. The van der Waals surface area contributed by atoms with Gasteiger partial charge in [-0.3, -0.25) is 4.79 Å². The predicted molar refractivity (Wildman–Crippen MR) is 109 cm³/mol. The number of esters is 1. The summed E-state index contributed by atoms with van der Waals surface area (Å²) in [5, 5.41) is 0. The van der Waals surface area contributed by atoms with Crippen molar-refractivity contribution in [2.45, 2.75) is 38.7 Å². The van der Waals surface area contributed by atoms with E-state index in [1.165, 1.54) is 33.2 Å². The van der Waals surface area contributed by atoms with Gasteiger partial charge in [0, 0.05) is 5.56 Å². The number of Topliss-reactive ketones (excluding diaryl/α,β-unsaturated/α-hetero) is 1. The molecule has 7 nitrogen and oxygen atoms in total. The monoisotopic (exact) mass is 419 g/mol. The van der Waals surface area contributed by atoms with Crippen molar-refractivity contribution in [3.8, 4) is 5.75 Å². The molecule has 0 aromatic heterocycles. The molecule has 1 atom stereocenters. The van der Waals surface area contributed by atoms with Crippen molar-refractivity contribution >= 4 is 21.8 Å². The molecule has 8 heteroatoms. The Morgan fingerprint density at radius 3 is 2.21 bits per heavy atom. The van der Waals surface area contributed by atoms with E-state index in [4.69, 9.17) is 9.47 Å². The van der Waals surface area contributed by atoms with E-state index in [2.05, 4.69) is 4.72 Å². The van der Waals surface area contributed by atoms with Crippen molar-refractivity contribution in [2.24, 2.45) is 0 Å². The van der Waals surface area contributed by atoms with Crippen LogP contribution >= 0.6 is 0 Å². The Hall–Kier alpha value is -2.71. The lowest BCUT2D eigenvalue weighted by molar-refractivity contribution is 0.0318. The second-order valence-electron chi connectivity index (χ2n) is 6.74. The van der Waals surface area contributed by atoms with E-state index >= 15 is 0 Å². The SMILES string of the molecule is CNS(=O)(=O)c1cc(C(=O)O[C@H](C)C(=O)c2cc(C)c(C)cc2C)ccc1OC. The fourth-order valence-corrected chi connectivity index (χ4v) is 3.77. The number of hydrogen-bond acceptors (Lipinski definition) is 6. The lowest BCUT2D eigenvalue weighted by Crippen LogP contribution is -2.25. The fraction of sp³-hybridized carbons (Fsp3) is 0.333. The molecule has 2 aromatic carbocycles. The van der Waals surface area contributed by atoms with Crippen LogP contribution in [0.1, 0.15) is 44.3 Å². The lowest BCUT2D eigenvalue weighted by atomic mass is 9.96. The molecule has 0 bridgehead atoms. The average Bonchev–Trinajstić information content (AvgIpc) is 2.69. The van der Waals surface area contributed by atoms with E-state index in [1.54, 1.807) is 6.07 Å². The topological polar surface area (TPSA) is 98.8 Å². The summed E-state index contributed by atoms with van der Waals surface area (Å²) in [5.41, 5.74) is 3.32. The molecule has 0 saturated heterocycles. The van der Waals surface area contributed by atoms with Crippen LogP contribution in [-0.2, 0) is 14.8 Å². The van der Waals surface area contributed by atoms with Gasteiger partial charge in [0.25, 0.3) is 0 Å². The summed E-state index contributed by atoms with van der Waals surface area (Å²) in [6, 6.07) is 7.60. The molecule has 1 N–H and O–H groups in total. The zero-order valence-corrected chi connectivity index (χ0v) is 18.1. The summed E-state index contributed by atoms with van der Waals surface area (Å²) >= 11 is 0. The Balaban J connectivity index is 2.29. The van der Waals surface area contributed by atoms with Crippen LogP contribution in [0.15, 0.2) is 35.2 Å². The van der Waals surface area contributed by atoms with Crippen molar-refractivity contribution in [3.63, 3.8) is 0 Å². The number of rotatable bonds is 7. The zero-order valence-electron chi connectivity index (χ0n) is 17.3. The maximum Gasteiger partial charge on any atom is 0.338 e. The lowest BCUT2D eigenvalue weighted by Gasteiger charge is -2.16. The van der Waals surface area contributed by atoms with E-state index in [9.17, 15) is 18.0 Å². The van der Waals surface area contributed by atoms with E-state index in [-0.39, 0.29) is 22.0 Å². The van der Waals surface area contributed by atoms with E-state index in [1.807, 2.05) is 26.8 Å². The molecule has 29 heavy (non-hydrogen) atoms. The number of carbonyl (C=O) groups is 2. The van der Waals surface area contributed by atoms with Crippen LogP contribution in [0.4, 0.5) is 0 Å². The summed E-state index contributed by atoms with van der Waals surface area (Å²) in [7, 11) is -1.26. The first-order valence-corrected chi connectivity index (χ1v) is 10.4. The number of sulfonamides is 1. The van der Waals surface area contributed by atoms with E-state index in [0.717, 1.165) is 22.8 Å². The Kier molecular flexibility index (Phi) is 6.81. The van der Waals surface area contributed by atoms with Gasteiger partial charge < -0.3 is 9.47 Å².